The van der Waals surface area contributed by atoms with Crippen LogP contribution in [0.4, 0.5) is 5.82 Å². The molecule has 0 unspecified atom stereocenters. The molecule has 2 rings (SSSR count). The molecule has 106 valence electrons. The Morgan fingerprint density at radius 1 is 1.45 bits per heavy atom. The number of aliphatic hydroxyl groups is 1. The lowest BCUT2D eigenvalue weighted by atomic mass is 10.1. The fourth-order valence-electron chi connectivity index (χ4n) is 1.87. The molecule has 2 aromatic heterocycles. The van der Waals surface area contributed by atoms with Crippen LogP contribution in [0.3, 0.4) is 0 Å². The Labute approximate surface area is 117 Å². The molecule has 0 aliphatic heterocycles. The Balaban J connectivity index is 2.10. The number of aromatic nitrogens is 4. The van der Waals surface area contributed by atoms with Gasteiger partial charge in [0.25, 0.3) is 0 Å². The summed E-state index contributed by atoms with van der Waals surface area (Å²) in [5.74, 6) is 0.948. The SMILES string of the molecule is C[C@H](CO)CCNc1ncnc2c1ncn2CCC#N. The first-order valence-electron chi connectivity index (χ1n) is 6.63. The standard InChI is InChI=1S/C13H18N6O/c1-10(7-20)3-5-15-12-11-13(17-8-16-12)19(9-18-11)6-2-4-14/h8-10,20H,2-3,5-7H2,1H3,(H,15,16,17)/t10-/m0/s1. The monoisotopic (exact) mass is 274 g/mol. The van der Waals surface area contributed by atoms with Crippen molar-refractivity contribution in [1.82, 2.24) is 19.5 Å². The maximum atomic E-state index is 8.99. The van der Waals surface area contributed by atoms with Crippen molar-refractivity contribution in [3.05, 3.63) is 12.7 Å². The van der Waals surface area contributed by atoms with Gasteiger partial charge in [-0.3, -0.25) is 0 Å². The lowest BCUT2D eigenvalue weighted by Crippen LogP contribution is -2.10. The molecule has 0 saturated carbocycles. The van der Waals surface area contributed by atoms with Crippen LogP contribution in [0.15, 0.2) is 12.7 Å². The van der Waals surface area contributed by atoms with Gasteiger partial charge < -0.3 is 15.0 Å². The second-order valence-electron chi connectivity index (χ2n) is 4.74. The smallest absolute Gasteiger partial charge is 0.165 e. The zero-order chi connectivity index (χ0) is 14.4. The van der Waals surface area contributed by atoms with Gasteiger partial charge in [0.15, 0.2) is 11.5 Å². The number of imidazole rings is 1. The van der Waals surface area contributed by atoms with Crippen molar-refractivity contribution in [2.24, 2.45) is 5.92 Å². The van der Waals surface area contributed by atoms with Crippen LogP contribution in [-0.4, -0.2) is 37.8 Å². The van der Waals surface area contributed by atoms with Crippen LogP contribution in [0, 0.1) is 17.2 Å². The molecule has 1 atom stereocenters. The predicted octanol–water partition coefficient (Wildman–Crippen LogP) is 1.17. The lowest BCUT2D eigenvalue weighted by molar-refractivity contribution is 0.233. The van der Waals surface area contributed by atoms with Gasteiger partial charge in [0.05, 0.1) is 18.8 Å². The normalized spacial score (nSPS) is 12.2. The summed E-state index contributed by atoms with van der Waals surface area (Å²) in [6, 6.07) is 2.11. The van der Waals surface area contributed by atoms with Gasteiger partial charge in [0.1, 0.15) is 11.8 Å². The van der Waals surface area contributed by atoms with E-state index in [-0.39, 0.29) is 12.5 Å². The van der Waals surface area contributed by atoms with E-state index >= 15 is 0 Å². The Bertz CT molecular complexity index is 602. The number of aryl methyl sites for hydroxylation is 1. The minimum absolute atomic E-state index is 0.184. The summed E-state index contributed by atoms with van der Waals surface area (Å²) in [6.07, 6.45) is 4.45. The van der Waals surface area contributed by atoms with Crippen LogP contribution >= 0.6 is 0 Å². The second-order valence-corrected chi connectivity index (χ2v) is 4.74. The van der Waals surface area contributed by atoms with Crippen molar-refractivity contribution >= 4 is 17.0 Å². The zero-order valence-electron chi connectivity index (χ0n) is 11.5. The topological polar surface area (TPSA) is 99.7 Å². The molecule has 0 radical (unpaired) electrons. The van der Waals surface area contributed by atoms with E-state index in [0.717, 1.165) is 18.6 Å². The molecule has 0 aromatic carbocycles. The van der Waals surface area contributed by atoms with E-state index in [1.807, 2.05) is 11.5 Å². The van der Waals surface area contributed by atoms with Crippen LogP contribution in [-0.2, 0) is 6.54 Å². The van der Waals surface area contributed by atoms with Gasteiger partial charge >= 0.3 is 0 Å². The Kier molecular flexibility index (Phi) is 4.85. The molecule has 0 saturated heterocycles. The van der Waals surface area contributed by atoms with Gasteiger partial charge in [-0.1, -0.05) is 6.92 Å². The molecule has 0 amide bonds. The average molecular weight is 274 g/mol. The Hall–Kier alpha value is -2.20. The van der Waals surface area contributed by atoms with Gasteiger partial charge in [0, 0.05) is 19.7 Å². The first-order chi connectivity index (χ1) is 9.76. The minimum Gasteiger partial charge on any atom is -0.396 e. The summed E-state index contributed by atoms with van der Waals surface area (Å²) >= 11 is 0. The summed E-state index contributed by atoms with van der Waals surface area (Å²) in [6.45, 7) is 3.47. The fraction of sp³-hybridized carbons (Fsp3) is 0.538. The van der Waals surface area contributed by atoms with Crippen LogP contribution in [0.5, 0.6) is 0 Å². The summed E-state index contributed by atoms with van der Waals surface area (Å²) in [4.78, 5) is 12.7. The van der Waals surface area contributed by atoms with Crippen molar-refractivity contribution in [3.8, 4) is 6.07 Å². The van der Waals surface area contributed by atoms with Crippen molar-refractivity contribution in [2.45, 2.75) is 26.3 Å². The highest BCUT2D eigenvalue weighted by molar-refractivity contribution is 5.82. The molecule has 0 fully saturated rings. The quantitative estimate of drug-likeness (QED) is 0.786. The fourth-order valence-corrected chi connectivity index (χ4v) is 1.87. The lowest BCUT2D eigenvalue weighted by Gasteiger charge is -2.09. The number of aliphatic hydroxyl groups excluding tert-OH is 1. The number of anilines is 1. The first kappa shape index (κ1) is 14.2. The van der Waals surface area contributed by atoms with Crippen molar-refractivity contribution in [2.75, 3.05) is 18.5 Å². The number of nitrogens with zero attached hydrogens (tertiary/aromatic N) is 5. The van der Waals surface area contributed by atoms with E-state index in [9.17, 15) is 0 Å². The van der Waals surface area contributed by atoms with Crippen molar-refractivity contribution in [3.63, 3.8) is 0 Å². The van der Waals surface area contributed by atoms with Crippen LogP contribution in [0.2, 0.25) is 0 Å². The molecule has 2 aromatic rings. The molecule has 0 spiro atoms. The Morgan fingerprint density at radius 3 is 3.05 bits per heavy atom. The molecule has 2 N–H and O–H groups in total. The number of rotatable bonds is 7. The highest BCUT2D eigenvalue weighted by atomic mass is 16.3. The molecule has 2 heterocycles. The van der Waals surface area contributed by atoms with Crippen molar-refractivity contribution in [1.29, 1.82) is 5.26 Å². The van der Waals surface area contributed by atoms with E-state index in [1.165, 1.54) is 6.33 Å². The summed E-state index contributed by atoms with van der Waals surface area (Å²) in [7, 11) is 0. The molecule has 7 heteroatoms. The third-order valence-corrected chi connectivity index (χ3v) is 3.11. The van der Waals surface area contributed by atoms with E-state index in [4.69, 9.17) is 10.4 Å². The first-order valence-corrected chi connectivity index (χ1v) is 6.63. The second kappa shape index (κ2) is 6.82. The van der Waals surface area contributed by atoms with Gasteiger partial charge in [-0.05, 0) is 12.3 Å². The molecular formula is C13H18N6O. The Morgan fingerprint density at radius 2 is 2.30 bits per heavy atom. The predicted molar refractivity (Wildman–Crippen MR) is 74.9 cm³/mol. The minimum atomic E-state index is 0.184. The number of nitrogens with one attached hydrogen (secondary N) is 1. The maximum absolute atomic E-state index is 8.99. The van der Waals surface area contributed by atoms with Gasteiger partial charge in [-0.25, -0.2) is 15.0 Å². The third-order valence-electron chi connectivity index (χ3n) is 3.11. The van der Waals surface area contributed by atoms with Gasteiger partial charge in [-0.2, -0.15) is 5.26 Å². The highest BCUT2D eigenvalue weighted by Crippen LogP contribution is 2.17. The number of hydrogen-bond acceptors (Lipinski definition) is 6. The van der Waals surface area contributed by atoms with E-state index in [1.54, 1.807) is 6.33 Å². The molecule has 20 heavy (non-hydrogen) atoms. The largest absolute Gasteiger partial charge is 0.396 e. The van der Waals surface area contributed by atoms with Crippen LogP contribution in [0.1, 0.15) is 19.8 Å². The average Bonchev–Trinajstić information content (AvgIpc) is 2.89. The van der Waals surface area contributed by atoms with Gasteiger partial charge in [-0.15, -0.1) is 0 Å². The molecule has 0 aliphatic carbocycles. The van der Waals surface area contributed by atoms with E-state index in [0.29, 0.717) is 24.3 Å². The molecular weight excluding hydrogens is 256 g/mol. The van der Waals surface area contributed by atoms with Crippen LogP contribution < -0.4 is 5.32 Å². The van der Waals surface area contributed by atoms with Gasteiger partial charge in [0.2, 0.25) is 0 Å². The van der Waals surface area contributed by atoms with E-state index in [2.05, 4.69) is 26.3 Å². The number of hydrogen-bond donors (Lipinski definition) is 2. The number of fused-ring (bicyclic) bond motifs is 1. The maximum Gasteiger partial charge on any atom is 0.165 e. The third kappa shape index (κ3) is 3.22. The molecule has 0 aliphatic rings. The highest BCUT2D eigenvalue weighted by Gasteiger charge is 2.09. The summed E-state index contributed by atoms with van der Waals surface area (Å²) in [5, 5.41) is 20.8. The van der Waals surface area contributed by atoms with Crippen molar-refractivity contribution < 1.29 is 5.11 Å². The number of nitriles is 1. The molecule has 7 nitrogen and oxygen atoms in total. The summed E-state index contributed by atoms with van der Waals surface area (Å²) in [5.41, 5.74) is 1.44. The molecule has 0 bridgehead atoms. The van der Waals surface area contributed by atoms with E-state index < -0.39 is 0 Å². The zero-order valence-corrected chi connectivity index (χ0v) is 11.5. The van der Waals surface area contributed by atoms with Crippen LogP contribution in [0.25, 0.3) is 11.2 Å². The summed E-state index contributed by atoms with van der Waals surface area (Å²) < 4.78 is 1.85.